The van der Waals surface area contributed by atoms with Gasteiger partial charge in [0.15, 0.2) is 0 Å². The maximum atomic E-state index is 12.5. The van der Waals surface area contributed by atoms with Gasteiger partial charge in [0, 0.05) is 25.3 Å². The van der Waals surface area contributed by atoms with E-state index in [0.29, 0.717) is 19.8 Å². The van der Waals surface area contributed by atoms with Crippen molar-refractivity contribution < 1.29 is 27.5 Å². The lowest BCUT2D eigenvalue weighted by molar-refractivity contribution is 0.0692. The van der Waals surface area contributed by atoms with Crippen LogP contribution in [-0.2, 0) is 19.5 Å². The van der Waals surface area contributed by atoms with Crippen LogP contribution in [0.25, 0.3) is 0 Å². The Hall–Kier alpha value is -1.97. The molecule has 2 rings (SSSR count). The van der Waals surface area contributed by atoms with Crippen LogP contribution in [0.3, 0.4) is 0 Å². The summed E-state index contributed by atoms with van der Waals surface area (Å²) in [5.74, 6) is -0.993. The molecule has 0 spiro atoms. The molecule has 0 unspecified atom stereocenters. The van der Waals surface area contributed by atoms with Gasteiger partial charge in [-0.05, 0) is 32.0 Å². The fraction of sp³-hybridized carbons (Fsp3) is 0.500. The van der Waals surface area contributed by atoms with Crippen molar-refractivity contribution in [2.24, 2.45) is 0 Å². The van der Waals surface area contributed by atoms with Crippen LogP contribution in [-0.4, -0.2) is 64.1 Å². The number of nitrogens with one attached hydrogen (secondary N) is 1. The number of hydrogen-bond acceptors (Lipinski definition) is 6. The highest BCUT2D eigenvalue weighted by Crippen LogP contribution is 2.32. The summed E-state index contributed by atoms with van der Waals surface area (Å²) in [5.41, 5.74) is 0.269. The first-order valence-electron chi connectivity index (χ1n) is 7.88. The van der Waals surface area contributed by atoms with Gasteiger partial charge in [0.1, 0.15) is 4.90 Å². The van der Waals surface area contributed by atoms with E-state index in [2.05, 4.69) is 5.32 Å². The fourth-order valence-electron chi connectivity index (χ4n) is 2.48. The molecule has 1 aliphatic rings. The van der Waals surface area contributed by atoms with Crippen molar-refractivity contribution in [2.45, 2.75) is 24.8 Å². The maximum Gasteiger partial charge on any atom is 0.269 e. The Bertz CT molecular complexity index is 760. The van der Waals surface area contributed by atoms with Gasteiger partial charge >= 0.3 is 0 Å². The van der Waals surface area contributed by atoms with E-state index in [-0.39, 0.29) is 22.6 Å². The van der Waals surface area contributed by atoms with Gasteiger partial charge in [0.2, 0.25) is 0 Å². The molecule has 0 aliphatic carbocycles. The standard InChI is InChI=1S/C16H22N2O6S/c1-11(2)18-16(20)13-5-4-12(10-14(13)25(18,21)22)15(19)17-6-7-24-9-8-23-3/h4-5,10-11H,6-9H2,1-3H3,(H,17,19). The summed E-state index contributed by atoms with van der Waals surface area (Å²) in [4.78, 5) is 24.3. The van der Waals surface area contributed by atoms with E-state index in [4.69, 9.17) is 9.47 Å². The van der Waals surface area contributed by atoms with Crippen LogP contribution in [0.4, 0.5) is 0 Å². The lowest BCUT2D eigenvalue weighted by Gasteiger charge is -2.18. The molecule has 0 aromatic heterocycles. The number of hydrogen-bond donors (Lipinski definition) is 1. The minimum absolute atomic E-state index is 0.0909. The van der Waals surface area contributed by atoms with E-state index in [0.717, 1.165) is 4.31 Å². The van der Waals surface area contributed by atoms with E-state index in [1.54, 1.807) is 21.0 Å². The number of methoxy groups -OCH3 is 1. The number of amides is 2. The highest BCUT2D eigenvalue weighted by Gasteiger charge is 2.42. The SMILES string of the molecule is COCCOCCNC(=O)c1ccc2c(c1)S(=O)(=O)N(C(C)C)C2=O. The zero-order valence-electron chi connectivity index (χ0n) is 14.4. The molecule has 1 N–H and O–H groups in total. The Labute approximate surface area is 147 Å². The Balaban J connectivity index is 2.08. The van der Waals surface area contributed by atoms with Crippen molar-refractivity contribution in [2.75, 3.05) is 33.5 Å². The fourth-order valence-corrected chi connectivity index (χ4v) is 4.28. The molecular formula is C16H22N2O6S. The largest absolute Gasteiger partial charge is 0.382 e. The summed E-state index contributed by atoms with van der Waals surface area (Å²) < 4.78 is 35.9. The summed E-state index contributed by atoms with van der Waals surface area (Å²) in [6.45, 7) is 4.74. The average molecular weight is 370 g/mol. The number of nitrogens with zero attached hydrogens (tertiary/aromatic N) is 1. The highest BCUT2D eigenvalue weighted by molar-refractivity contribution is 7.90. The van der Waals surface area contributed by atoms with Crippen LogP contribution >= 0.6 is 0 Å². The number of carbonyl (C=O) groups is 2. The second-order valence-corrected chi connectivity index (χ2v) is 7.56. The van der Waals surface area contributed by atoms with Crippen molar-refractivity contribution in [3.63, 3.8) is 0 Å². The van der Waals surface area contributed by atoms with Crippen LogP contribution in [0.15, 0.2) is 23.1 Å². The number of carbonyl (C=O) groups excluding carboxylic acids is 2. The van der Waals surface area contributed by atoms with Crippen molar-refractivity contribution >= 4 is 21.8 Å². The number of sulfonamides is 1. The van der Waals surface area contributed by atoms with Crippen LogP contribution in [0.1, 0.15) is 34.6 Å². The Kier molecular flexibility index (Phi) is 6.15. The van der Waals surface area contributed by atoms with Crippen LogP contribution < -0.4 is 5.32 Å². The first-order chi connectivity index (χ1) is 11.8. The van der Waals surface area contributed by atoms with Crippen LogP contribution in [0.5, 0.6) is 0 Å². The zero-order chi connectivity index (χ0) is 18.6. The number of benzene rings is 1. The molecule has 9 heteroatoms. The predicted molar refractivity (Wildman–Crippen MR) is 90.0 cm³/mol. The van der Waals surface area contributed by atoms with E-state index < -0.39 is 27.9 Å². The Morgan fingerprint density at radius 2 is 1.96 bits per heavy atom. The van der Waals surface area contributed by atoms with Gasteiger partial charge < -0.3 is 14.8 Å². The third-order valence-corrected chi connectivity index (χ3v) is 5.64. The molecule has 25 heavy (non-hydrogen) atoms. The van der Waals surface area contributed by atoms with Crippen molar-refractivity contribution in [1.29, 1.82) is 0 Å². The Morgan fingerprint density at radius 1 is 1.24 bits per heavy atom. The molecule has 0 radical (unpaired) electrons. The monoisotopic (exact) mass is 370 g/mol. The van der Waals surface area contributed by atoms with Gasteiger partial charge in [-0.1, -0.05) is 0 Å². The molecule has 1 aromatic rings. The third kappa shape index (κ3) is 4.00. The lowest BCUT2D eigenvalue weighted by atomic mass is 10.1. The maximum absolute atomic E-state index is 12.5. The van der Waals surface area contributed by atoms with E-state index in [1.165, 1.54) is 18.2 Å². The number of rotatable bonds is 8. The molecule has 1 aromatic carbocycles. The van der Waals surface area contributed by atoms with Gasteiger partial charge in [-0.15, -0.1) is 0 Å². The molecule has 0 atom stereocenters. The molecule has 0 saturated carbocycles. The van der Waals surface area contributed by atoms with E-state index in [9.17, 15) is 18.0 Å². The minimum Gasteiger partial charge on any atom is -0.382 e. The van der Waals surface area contributed by atoms with Crippen molar-refractivity contribution in [3.8, 4) is 0 Å². The minimum atomic E-state index is -3.92. The van der Waals surface area contributed by atoms with Crippen molar-refractivity contribution in [3.05, 3.63) is 29.3 Å². The van der Waals surface area contributed by atoms with Gasteiger partial charge in [-0.2, -0.15) is 0 Å². The second-order valence-electron chi connectivity index (χ2n) is 5.77. The van der Waals surface area contributed by atoms with Gasteiger partial charge in [-0.3, -0.25) is 9.59 Å². The van der Waals surface area contributed by atoms with Gasteiger partial charge in [-0.25, -0.2) is 12.7 Å². The molecule has 1 heterocycles. The summed E-state index contributed by atoms with van der Waals surface area (Å²) in [5, 5.41) is 2.64. The predicted octanol–water partition coefficient (Wildman–Crippen LogP) is 0.632. The lowest BCUT2D eigenvalue weighted by Crippen LogP contribution is -2.36. The summed E-state index contributed by atoms with van der Waals surface area (Å²) in [7, 11) is -2.35. The van der Waals surface area contributed by atoms with E-state index >= 15 is 0 Å². The average Bonchev–Trinajstić information content (AvgIpc) is 2.76. The molecule has 1 aliphatic heterocycles. The molecule has 8 nitrogen and oxygen atoms in total. The first kappa shape index (κ1) is 19.4. The molecule has 2 amide bonds. The zero-order valence-corrected chi connectivity index (χ0v) is 15.3. The van der Waals surface area contributed by atoms with E-state index in [1.807, 2.05) is 0 Å². The van der Waals surface area contributed by atoms with Gasteiger partial charge in [0.05, 0.1) is 25.4 Å². The second kappa shape index (κ2) is 7.94. The summed E-state index contributed by atoms with van der Waals surface area (Å²) in [6, 6.07) is 3.57. The highest BCUT2D eigenvalue weighted by atomic mass is 32.2. The topological polar surface area (TPSA) is 102 Å². The molecule has 0 fully saturated rings. The summed E-state index contributed by atoms with van der Waals surface area (Å²) >= 11 is 0. The van der Waals surface area contributed by atoms with Crippen molar-refractivity contribution in [1.82, 2.24) is 9.62 Å². The quantitative estimate of drug-likeness (QED) is 0.674. The van der Waals surface area contributed by atoms with Crippen LogP contribution in [0, 0.1) is 0 Å². The van der Waals surface area contributed by atoms with Crippen LogP contribution in [0.2, 0.25) is 0 Å². The Morgan fingerprint density at radius 3 is 2.60 bits per heavy atom. The molecule has 138 valence electrons. The molecule has 0 bridgehead atoms. The summed E-state index contributed by atoms with van der Waals surface area (Å²) in [6.07, 6.45) is 0. The smallest absolute Gasteiger partial charge is 0.269 e. The number of fused-ring (bicyclic) bond motifs is 1. The number of ether oxygens (including phenoxy) is 2. The molecular weight excluding hydrogens is 348 g/mol. The third-order valence-electron chi connectivity index (χ3n) is 3.64. The first-order valence-corrected chi connectivity index (χ1v) is 9.32. The van der Waals surface area contributed by atoms with Gasteiger partial charge in [0.25, 0.3) is 21.8 Å². The normalized spacial score (nSPS) is 15.5. The molecule has 0 saturated heterocycles.